The van der Waals surface area contributed by atoms with E-state index in [9.17, 15) is 14.9 Å². The summed E-state index contributed by atoms with van der Waals surface area (Å²) in [7, 11) is 3.07. The lowest BCUT2D eigenvalue weighted by atomic mass is 10.5. The summed E-state index contributed by atoms with van der Waals surface area (Å²) in [6, 6.07) is 0. The molecule has 0 aliphatic rings. The highest BCUT2D eigenvalue weighted by atomic mass is 16.6. The van der Waals surface area contributed by atoms with Crippen LogP contribution in [0.15, 0.2) is 6.20 Å². The summed E-state index contributed by atoms with van der Waals surface area (Å²) in [4.78, 5) is 27.0. The zero-order chi connectivity index (χ0) is 13.7. The normalized spacial score (nSPS) is 10.7. The van der Waals surface area contributed by atoms with E-state index in [1.54, 1.807) is 18.9 Å². The van der Waals surface area contributed by atoms with E-state index in [1.807, 2.05) is 0 Å². The van der Waals surface area contributed by atoms with Gasteiger partial charge in [-0.25, -0.2) is 9.55 Å². The molecule has 1 heterocycles. The van der Waals surface area contributed by atoms with Crippen molar-refractivity contribution in [3.63, 3.8) is 0 Å². The Morgan fingerprint density at radius 2 is 2.33 bits per heavy atom. The second kappa shape index (κ2) is 6.10. The Labute approximate surface area is 104 Å². The quantitative estimate of drug-likeness (QED) is 0.410. The third-order valence-electron chi connectivity index (χ3n) is 2.55. The van der Waals surface area contributed by atoms with Gasteiger partial charge in [0.05, 0.1) is 13.7 Å². The van der Waals surface area contributed by atoms with E-state index >= 15 is 0 Å². The Kier molecular flexibility index (Phi) is 4.78. The zero-order valence-electron chi connectivity index (χ0n) is 10.6. The Morgan fingerprint density at radius 1 is 1.67 bits per heavy atom. The summed E-state index contributed by atoms with van der Waals surface area (Å²) < 4.78 is 6.04. The van der Waals surface area contributed by atoms with Crippen molar-refractivity contribution in [1.29, 1.82) is 0 Å². The Balaban J connectivity index is 2.60. The van der Waals surface area contributed by atoms with Crippen LogP contribution in [-0.2, 0) is 16.1 Å². The molecule has 0 unspecified atom stereocenters. The number of esters is 1. The van der Waals surface area contributed by atoms with Crippen molar-refractivity contribution in [1.82, 2.24) is 14.5 Å². The molecule has 1 rings (SSSR count). The van der Waals surface area contributed by atoms with Crippen molar-refractivity contribution in [2.45, 2.75) is 13.5 Å². The first kappa shape index (κ1) is 14.1. The lowest BCUT2D eigenvalue weighted by molar-refractivity contribution is -0.392. The van der Waals surface area contributed by atoms with Crippen LogP contribution in [0.2, 0.25) is 0 Å². The van der Waals surface area contributed by atoms with Crippen LogP contribution < -0.4 is 0 Å². The molecule has 0 aromatic carbocycles. The SMILES string of the molecule is COC(=O)CN(C)CCn1c([N+](=O)[O-])cnc1C. The standard InChI is InChI=1S/C10H16N4O4/c1-8-11-6-9(14(16)17)13(8)5-4-12(2)7-10(15)18-3/h6H,4-5,7H2,1-3H3. The van der Waals surface area contributed by atoms with E-state index < -0.39 is 4.92 Å². The minimum atomic E-state index is -0.472. The van der Waals surface area contributed by atoms with Crippen molar-refractivity contribution in [3.8, 4) is 0 Å². The smallest absolute Gasteiger partial charge is 0.342 e. The van der Waals surface area contributed by atoms with E-state index in [0.29, 0.717) is 18.9 Å². The lowest BCUT2D eigenvalue weighted by Gasteiger charge is -2.14. The van der Waals surface area contributed by atoms with Crippen molar-refractivity contribution in [3.05, 3.63) is 22.1 Å². The number of nitro groups is 1. The molecule has 0 atom stereocenters. The minimum Gasteiger partial charge on any atom is -0.468 e. The van der Waals surface area contributed by atoms with E-state index in [1.165, 1.54) is 17.9 Å². The summed E-state index contributed by atoms with van der Waals surface area (Å²) in [6.45, 7) is 2.74. The predicted molar refractivity (Wildman–Crippen MR) is 63.1 cm³/mol. The molecular weight excluding hydrogens is 240 g/mol. The van der Waals surface area contributed by atoms with Gasteiger partial charge in [-0.05, 0) is 12.0 Å². The molecule has 1 aromatic heterocycles. The van der Waals surface area contributed by atoms with Gasteiger partial charge in [0.2, 0.25) is 0 Å². The van der Waals surface area contributed by atoms with Gasteiger partial charge in [0.1, 0.15) is 12.7 Å². The molecule has 0 saturated carbocycles. The zero-order valence-corrected chi connectivity index (χ0v) is 10.6. The molecular formula is C10H16N4O4. The van der Waals surface area contributed by atoms with Gasteiger partial charge in [0.25, 0.3) is 0 Å². The van der Waals surface area contributed by atoms with Crippen molar-refractivity contribution in [2.24, 2.45) is 0 Å². The number of aromatic nitrogens is 2. The second-order valence-corrected chi connectivity index (χ2v) is 3.89. The average molecular weight is 256 g/mol. The number of imidazole rings is 1. The van der Waals surface area contributed by atoms with E-state index in [0.717, 1.165) is 0 Å². The summed E-state index contributed by atoms with van der Waals surface area (Å²) in [5.74, 6) is 0.196. The third kappa shape index (κ3) is 3.52. The molecule has 8 heteroatoms. The van der Waals surface area contributed by atoms with Gasteiger partial charge in [-0.1, -0.05) is 0 Å². The van der Waals surface area contributed by atoms with Gasteiger partial charge in [0.15, 0.2) is 5.82 Å². The van der Waals surface area contributed by atoms with E-state index in [4.69, 9.17) is 0 Å². The molecule has 0 aliphatic carbocycles. The fourth-order valence-electron chi connectivity index (χ4n) is 1.51. The number of carbonyl (C=O) groups is 1. The van der Waals surface area contributed by atoms with Crippen molar-refractivity contribution < 1.29 is 14.5 Å². The number of aryl methyl sites for hydroxylation is 1. The van der Waals surface area contributed by atoms with Crippen LogP contribution in [0, 0.1) is 17.0 Å². The largest absolute Gasteiger partial charge is 0.468 e. The Bertz CT molecular complexity index is 443. The van der Waals surface area contributed by atoms with Crippen LogP contribution in [0.4, 0.5) is 5.82 Å². The summed E-state index contributed by atoms with van der Waals surface area (Å²) in [5.41, 5.74) is 0. The number of methoxy groups -OCH3 is 1. The maximum Gasteiger partial charge on any atom is 0.342 e. The highest BCUT2D eigenvalue weighted by molar-refractivity contribution is 5.71. The van der Waals surface area contributed by atoms with Crippen LogP contribution in [-0.4, -0.2) is 52.6 Å². The molecule has 0 N–H and O–H groups in total. The second-order valence-electron chi connectivity index (χ2n) is 3.89. The molecule has 0 radical (unpaired) electrons. The Hall–Kier alpha value is -1.96. The van der Waals surface area contributed by atoms with E-state index in [2.05, 4.69) is 9.72 Å². The van der Waals surface area contributed by atoms with Gasteiger partial charge in [0, 0.05) is 13.5 Å². The number of rotatable bonds is 6. The van der Waals surface area contributed by atoms with Crippen LogP contribution in [0.1, 0.15) is 5.82 Å². The van der Waals surface area contributed by atoms with Crippen molar-refractivity contribution in [2.75, 3.05) is 27.2 Å². The van der Waals surface area contributed by atoms with E-state index in [-0.39, 0.29) is 18.3 Å². The molecule has 100 valence electrons. The van der Waals surface area contributed by atoms with Gasteiger partial charge < -0.3 is 14.9 Å². The molecule has 0 amide bonds. The molecule has 0 fully saturated rings. The molecule has 0 saturated heterocycles. The molecule has 0 aliphatic heterocycles. The number of nitrogens with zero attached hydrogens (tertiary/aromatic N) is 4. The maximum atomic E-state index is 11.0. The highest BCUT2D eigenvalue weighted by Gasteiger charge is 2.17. The topological polar surface area (TPSA) is 90.5 Å². The average Bonchev–Trinajstić information content (AvgIpc) is 2.68. The first-order chi connectivity index (χ1) is 8.45. The minimum absolute atomic E-state index is 0.0426. The summed E-state index contributed by atoms with van der Waals surface area (Å²) in [6.07, 6.45) is 1.23. The molecule has 18 heavy (non-hydrogen) atoms. The lowest BCUT2D eigenvalue weighted by Crippen LogP contribution is -2.30. The number of hydrogen-bond acceptors (Lipinski definition) is 6. The first-order valence-electron chi connectivity index (χ1n) is 5.37. The van der Waals surface area contributed by atoms with Gasteiger partial charge in [-0.2, -0.15) is 0 Å². The van der Waals surface area contributed by atoms with Crippen LogP contribution in [0.25, 0.3) is 0 Å². The fraction of sp³-hybridized carbons (Fsp3) is 0.600. The third-order valence-corrected chi connectivity index (χ3v) is 2.55. The maximum absolute atomic E-state index is 11.0. The predicted octanol–water partition coefficient (Wildman–Crippen LogP) is 0.205. The summed E-state index contributed by atoms with van der Waals surface area (Å²) >= 11 is 0. The number of carbonyl (C=O) groups excluding carboxylic acids is 1. The fourth-order valence-corrected chi connectivity index (χ4v) is 1.51. The van der Waals surface area contributed by atoms with Gasteiger partial charge >= 0.3 is 11.8 Å². The van der Waals surface area contributed by atoms with Gasteiger partial charge in [-0.15, -0.1) is 0 Å². The monoisotopic (exact) mass is 256 g/mol. The van der Waals surface area contributed by atoms with Crippen LogP contribution >= 0.6 is 0 Å². The van der Waals surface area contributed by atoms with Crippen molar-refractivity contribution >= 4 is 11.8 Å². The van der Waals surface area contributed by atoms with Gasteiger partial charge in [-0.3, -0.25) is 9.69 Å². The molecule has 1 aromatic rings. The number of likely N-dealkylation sites (N-methyl/N-ethyl adjacent to an activating group) is 1. The highest BCUT2D eigenvalue weighted by Crippen LogP contribution is 2.13. The molecule has 0 spiro atoms. The first-order valence-corrected chi connectivity index (χ1v) is 5.37. The number of ether oxygens (including phenoxy) is 1. The van der Waals surface area contributed by atoms with Crippen LogP contribution in [0.5, 0.6) is 0 Å². The molecule has 0 bridgehead atoms. The Morgan fingerprint density at radius 3 is 2.89 bits per heavy atom. The number of hydrogen-bond donors (Lipinski definition) is 0. The molecule has 8 nitrogen and oxygen atoms in total. The van der Waals surface area contributed by atoms with Crippen LogP contribution in [0.3, 0.4) is 0 Å². The summed E-state index contributed by atoms with van der Waals surface area (Å²) in [5, 5.41) is 10.8.